The van der Waals surface area contributed by atoms with Crippen LogP contribution in [0.5, 0.6) is 5.75 Å². The monoisotopic (exact) mass is 518 g/mol. The van der Waals surface area contributed by atoms with Gasteiger partial charge in [0.15, 0.2) is 0 Å². The zero-order valence-corrected chi connectivity index (χ0v) is 19.4. The number of hydrogen-bond acceptors (Lipinski definition) is 5. The average molecular weight is 520 g/mol. The molecule has 3 fully saturated rings. The minimum Gasteiger partial charge on any atom is -0.495 e. The van der Waals surface area contributed by atoms with Crippen LogP contribution in [0.2, 0.25) is 5.02 Å². The van der Waals surface area contributed by atoms with Crippen LogP contribution in [-0.4, -0.2) is 35.8 Å². The number of anilines is 2. The van der Waals surface area contributed by atoms with Crippen molar-refractivity contribution in [2.24, 2.45) is 23.7 Å². The summed E-state index contributed by atoms with van der Waals surface area (Å²) >= 11 is 9.63. The quantitative estimate of drug-likeness (QED) is 0.458. The van der Waals surface area contributed by atoms with Gasteiger partial charge in [0.1, 0.15) is 11.9 Å². The largest absolute Gasteiger partial charge is 0.495 e. The number of halogens is 2. The highest BCUT2D eigenvalue weighted by molar-refractivity contribution is 9.09. The number of hydrogen-bond donors (Lipinski definition) is 2. The van der Waals surface area contributed by atoms with Crippen molar-refractivity contribution < 1.29 is 23.9 Å². The van der Waals surface area contributed by atoms with Crippen molar-refractivity contribution in [1.82, 2.24) is 0 Å². The standard InChI is InChI=1S/C23H20BrClN2O5/c1-31-16-7-4-11(25)8-15(16)27-21(28)10-2-5-12(6-3-10)26-22(29)17-13-9-14-18(17)23(30)32-20(14)19(13)24/h2-8,13-14,17-20H,9H2,1H3,(H,26,29)(H,27,28)/t13-,14-,17-,18+,19+,20+/m1/s1. The van der Waals surface area contributed by atoms with Gasteiger partial charge in [0, 0.05) is 22.2 Å². The van der Waals surface area contributed by atoms with Crippen molar-refractivity contribution in [2.75, 3.05) is 17.7 Å². The first-order valence-corrected chi connectivity index (χ1v) is 11.6. The van der Waals surface area contributed by atoms with Crippen LogP contribution in [0.15, 0.2) is 42.5 Å². The Morgan fingerprint density at radius 3 is 2.59 bits per heavy atom. The van der Waals surface area contributed by atoms with Crippen LogP contribution < -0.4 is 15.4 Å². The lowest BCUT2D eigenvalue weighted by Crippen LogP contribution is -2.40. The van der Waals surface area contributed by atoms with Crippen molar-refractivity contribution in [2.45, 2.75) is 17.4 Å². The minimum atomic E-state index is -0.408. The van der Waals surface area contributed by atoms with Gasteiger partial charge < -0.3 is 20.1 Å². The second-order valence-electron chi connectivity index (χ2n) is 8.33. The lowest BCUT2D eigenvalue weighted by Gasteiger charge is -2.27. The van der Waals surface area contributed by atoms with Gasteiger partial charge in [-0.2, -0.15) is 0 Å². The summed E-state index contributed by atoms with van der Waals surface area (Å²) in [5.41, 5.74) is 1.43. The molecule has 2 aliphatic carbocycles. The summed E-state index contributed by atoms with van der Waals surface area (Å²) in [6.07, 6.45) is 0.707. The summed E-state index contributed by atoms with van der Waals surface area (Å²) in [5, 5.41) is 6.15. The van der Waals surface area contributed by atoms with Crippen molar-refractivity contribution in [3.05, 3.63) is 53.1 Å². The molecule has 0 spiro atoms. The molecular weight excluding hydrogens is 500 g/mol. The molecule has 2 N–H and O–H groups in total. The maximum absolute atomic E-state index is 13.0. The zero-order valence-electron chi connectivity index (χ0n) is 17.0. The van der Waals surface area contributed by atoms with Crippen LogP contribution >= 0.6 is 27.5 Å². The molecule has 2 bridgehead atoms. The van der Waals surface area contributed by atoms with Crippen molar-refractivity contribution in [3.8, 4) is 5.75 Å². The van der Waals surface area contributed by atoms with E-state index in [9.17, 15) is 14.4 Å². The molecule has 166 valence electrons. The van der Waals surface area contributed by atoms with Gasteiger partial charge in [0.05, 0.1) is 29.5 Å². The third kappa shape index (κ3) is 3.46. The van der Waals surface area contributed by atoms with Gasteiger partial charge in [-0.1, -0.05) is 27.5 Å². The van der Waals surface area contributed by atoms with Gasteiger partial charge in [-0.05, 0) is 54.8 Å². The van der Waals surface area contributed by atoms with Crippen molar-refractivity contribution >= 4 is 56.7 Å². The van der Waals surface area contributed by atoms with E-state index in [1.807, 2.05) is 0 Å². The summed E-state index contributed by atoms with van der Waals surface area (Å²) < 4.78 is 10.7. The smallest absolute Gasteiger partial charge is 0.310 e. The molecule has 32 heavy (non-hydrogen) atoms. The lowest BCUT2D eigenvalue weighted by molar-refractivity contribution is -0.145. The fourth-order valence-corrected chi connectivity index (χ4v) is 6.45. The van der Waals surface area contributed by atoms with Gasteiger partial charge in [0.2, 0.25) is 5.91 Å². The number of amides is 2. The lowest BCUT2D eigenvalue weighted by atomic mass is 9.79. The Bertz CT molecular complexity index is 1110. The molecule has 2 saturated carbocycles. The predicted molar refractivity (Wildman–Crippen MR) is 122 cm³/mol. The van der Waals surface area contributed by atoms with Crippen LogP contribution in [0.3, 0.4) is 0 Å². The van der Waals surface area contributed by atoms with E-state index in [1.54, 1.807) is 42.5 Å². The predicted octanol–water partition coefficient (Wildman–Crippen LogP) is 4.11. The number of ether oxygens (including phenoxy) is 2. The topological polar surface area (TPSA) is 93.7 Å². The second-order valence-corrected chi connectivity index (χ2v) is 9.82. The first kappa shape index (κ1) is 21.3. The van der Waals surface area contributed by atoms with E-state index in [0.29, 0.717) is 27.7 Å². The maximum atomic E-state index is 13.0. The zero-order chi connectivity index (χ0) is 22.6. The molecule has 5 rings (SSSR count). The number of nitrogens with one attached hydrogen (secondary N) is 2. The Balaban J connectivity index is 1.26. The molecule has 3 aliphatic rings. The van der Waals surface area contributed by atoms with E-state index in [2.05, 4.69) is 26.6 Å². The van der Waals surface area contributed by atoms with Crippen LogP contribution in [0.1, 0.15) is 16.8 Å². The molecule has 9 heteroatoms. The molecule has 7 nitrogen and oxygen atoms in total. The van der Waals surface area contributed by atoms with E-state index in [-0.39, 0.29) is 46.5 Å². The molecule has 1 aliphatic heterocycles. The van der Waals surface area contributed by atoms with E-state index >= 15 is 0 Å². The second kappa shape index (κ2) is 8.08. The fourth-order valence-electron chi connectivity index (χ4n) is 5.23. The number of carbonyl (C=O) groups is 3. The molecular formula is C23H20BrClN2O5. The number of methoxy groups -OCH3 is 1. The Morgan fingerprint density at radius 2 is 1.88 bits per heavy atom. The van der Waals surface area contributed by atoms with Crippen molar-refractivity contribution in [1.29, 1.82) is 0 Å². The van der Waals surface area contributed by atoms with E-state index in [4.69, 9.17) is 21.1 Å². The summed E-state index contributed by atoms with van der Waals surface area (Å²) in [7, 11) is 1.51. The number of rotatable bonds is 5. The van der Waals surface area contributed by atoms with Gasteiger partial charge in [-0.25, -0.2) is 0 Å². The van der Waals surface area contributed by atoms with Gasteiger partial charge >= 0.3 is 5.97 Å². The van der Waals surface area contributed by atoms with Crippen LogP contribution in [0.4, 0.5) is 11.4 Å². The fraction of sp³-hybridized carbons (Fsp3) is 0.348. The molecule has 1 saturated heterocycles. The number of fused-ring (bicyclic) bond motifs is 1. The van der Waals surface area contributed by atoms with E-state index in [0.717, 1.165) is 6.42 Å². The highest BCUT2D eigenvalue weighted by Crippen LogP contribution is 2.60. The third-order valence-corrected chi connectivity index (χ3v) is 8.09. The summed E-state index contributed by atoms with van der Waals surface area (Å²) in [5.74, 6) is -0.876. The number of esters is 1. The molecule has 0 unspecified atom stereocenters. The van der Waals surface area contributed by atoms with Crippen LogP contribution in [0.25, 0.3) is 0 Å². The maximum Gasteiger partial charge on any atom is 0.310 e. The van der Waals surface area contributed by atoms with Crippen molar-refractivity contribution in [3.63, 3.8) is 0 Å². The number of carbonyl (C=O) groups excluding carboxylic acids is 3. The third-order valence-electron chi connectivity index (χ3n) is 6.65. The summed E-state index contributed by atoms with van der Waals surface area (Å²) in [6.45, 7) is 0. The summed E-state index contributed by atoms with van der Waals surface area (Å²) in [4.78, 5) is 37.9. The SMILES string of the molecule is COc1ccc(Cl)cc1NC(=O)c1ccc(NC(=O)[C@@H]2[C@H]3C[C@H]4[C@H](OC(=O)[C@@H]42)[C@H]3Br)cc1. The number of alkyl halides is 1. The van der Waals surface area contributed by atoms with Crippen LogP contribution in [-0.2, 0) is 14.3 Å². The van der Waals surface area contributed by atoms with Gasteiger partial charge in [-0.3, -0.25) is 14.4 Å². The highest BCUT2D eigenvalue weighted by atomic mass is 79.9. The minimum absolute atomic E-state index is 0.0144. The Morgan fingerprint density at radius 1 is 1.12 bits per heavy atom. The molecule has 1 heterocycles. The Labute approximate surface area is 197 Å². The highest BCUT2D eigenvalue weighted by Gasteiger charge is 2.67. The normalized spacial score (nSPS) is 29.5. The molecule has 2 amide bonds. The Kier molecular flexibility index (Phi) is 5.37. The summed E-state index contributed by atoms with van der Waals surface area (Å²) in [6, 6.07) is 11.5. The molecule has 0 radical (unpaired) electrons. The molecule has 2 aromatic carbocycles. The molecule has 6 atom stereocenters. The number of benzene rings is 2. The van der Waals surface area contributed by atoms with Gasteiger partial charge in [0.25, 0.3) is 5.91 Å². The molecule has 2 aromatic rings. The van der Waals surface area contributed by atoms with E-state index < -0.39 is 5.92 Å². The Hall–Kier alpha value is -2.58. The first-order valence-electron chi connectivity index (χ1n) is 10.3. The molecule has 0 aromatic heterocycles. The average Bonchev–Trinajstić information content (AvgIpc) is 3.39. The van der Waals surface area contributed by atoms with E-state index in [1.165, 1.54) is 7.11 Å². The first-order chi connectivity index (χ1) is 15.4. The van der Waals surface area contributed by atoms with Gasteiger partial charge in [-0.15, -0.1) is 0 Å². The van der Waals surface area contributed by atoms with Crippen LogP contribution in [0, 0.1) is 23.7 Å².